The molecule has 6 nitrogen and oxygen atoms in total. The Balaban J connectivity index is 1.54. The summed E-state index contributed by atoms with van der Waals surface area (Å²) in [5.41, 5.74) is 1.44. The number of aromatic carboxylic acids is 1. The first-order valence-electron chi connectivity index (χ1n) is 9.62. The Morgan fingerprint density at radius 2 is 1.69 bits per heavy atom. The Morgan fingerprint density at radius 1 is 1.04 bits per heavy atom. The van der Waals surface area contributed by atoms with Crippen LogP contribution in [-0.2, 0) is 4.79 Å². The monoisotopic (exact) mass is 359 g/mol. The van der Waals surface area contributed by atoms with Gasteiger partial charge < -0.3 is 14.9 Å². The average molecular weight is 359 g/mol. The lowest BCUT2D eigenvalue weighted by atomic mass is 9.90. The highest BCUT2D eigenvalue weighted by atomic mass is 16.4. The Bertz CT molecular complexity index is 624. The molecule has 3 rings (SSSR count). The van der Waals surface area contributed by atoms with E-state index < -0.39 is 5.97 Å². The summed E-state index contributed by atoms with van der Waals surface area (Å²) >= 11 is 0. The summed E-state index contributed by atoms with van der Waals surface area (Å²) in [4.78, 5) is 30.4. The first-order valence-corrected chi connectivity index (χ1v) is 9.62. The number of carbonyl (C=O) groups excluding carboxylic acids is 1. The fourth-order valence-electron chi connectivity index (χ4n) is 3.93. The van der Waals surface area contributed by atoms with E-state index in [1.165, 1.54) is 0 Å². The van der Waals surface area contributed by atoms with Crippen molar-refractivity contribution < 1.29 is 14.7 Å². The predicted octanol–water partition coefficient (Wildman–Crippen LogP) is 1.73. The molecular weight excluding hydrogens is 330 g/mol. The lowest BCUT2D eigenvalue weighted by Crippen LogP contribution is -2.51. The van der Waals surface area contributed by atoms with Crippen LogP contribution in [0.3, 0.4) is 0 Å². The van der Waals surface area contributed by atoms with Crippen molar-refractivity contribution in [3.63, 3.8) is 0 Å². The van der Waals surface area contributed by atoms with E-state index in [2.05, 4.69) is 16.7 Å². The lowest BCUT2D eigenvalue weighted by molar-refractivity contribution is -0.134. The molecule has 0 aliphatic carbocycles. The summed E-state index contributed by atoms with van der Waals surface area (Å²) in [6.45, 7) is 9.36. The van der Waals surface area contributed by atoms with Gasteiger partial charge in [0.1, 0.15) is 0 Å². The molecule has 0 unspecified atom stereocenters. The van der Waals surface area contributed by atoms with Gasteiger partial charge in [0.25, 0.3) is 0 Å². The smallest absolute Gasteiger partial charge is 0.335 e. The van der Waals surface area contributed by atoms with Crippen LogP contribution in [0.4, 0.5) is 0 Å². The largest absolute Gasteiger partial charge is 0.478 e. The number of carbonyl (C=O) groups is 2. The van der Waals surface area contributed by atoms with E-state index in [9.17, 15) is 9.59 Å². The number of benzene rings is 1. The second-order valence-electron chi connectivity index (χ2n) is 7.32. The molecule has 2 fully saturated rings. The van der Waals surface area contributed by atoms with Crippen LogP contribution in [0.5, 0.6) is 0 Å². The summed E-state index contributed by atoms with van der Waals surface area (Å²) in [7, 11) is 0. The second-order valence-corrected chi connectivity index (χ2v) is 7.32. The maximum absolute atomic E-state index is 12.7. The third kappa shape index (κ3) is 4.62. The Hall–Kier alpha value is -1.92. The first kappa shape index (κ1) is 18.9. The second kappa shape index (κ2) is 8.64. The first-order chi connectivity index (χ1) is 12.6. The molecule has 0 bridgehead atoms. The number of likely N-dealkylation sites (tertiary alicyclic amines) is 1. The van der Waals surface area contributed by atoms with Crippen LogP contribution in [0, 0.1) is 0 Å². The van der Waals surface area contributed by atoms with Crippen molar-refractivity contribution in [3.8, 4) is 0 Å². The maximum atomic E-state index is 12.7. The van der Waals surface area contributed by atoms with E-state index in [4.69, 9.17) is 5.11 Å². The lowest BCUT2D eigenvalue weighted by Gasteiger charge is -2.37. The quantitative estimate of drug-likeness (QED) is 0.867. The van der Waals surface area contributed by atoms with Crippen molar-refractivity contribution >= 4 is 11.9 Å². The molecule has 6 heteroatoms. The van der Waals surface area contributed by atoms with Gasteiger partial charge in [-0.1, -0.05) is 19.1 Å². The van der Waals surface area contributed by atoms with Gasteiger partial charge in [0.2, 0.25) is 5.91 Å². The van der Waals surface area contributed by atoms with Crippen LogP contribution in [0.25, 0.3) is 0 Å². The van der Waals surface area contributed by atoms with Crippen molar-refractivity contribution in [2.45, 2.75) is 25.7 Å². The van der Waals surface area contributed by atoms with Gasteiger partial charge in [-0.2, -0.15) is 0 Å². The van der Waals surface area contributed by atoms with Gasteiger partial charge in [-0.3, -0.25) is 9.69 Å². The van der Waals surface area contributed by atoms with E-state index in [0.717, 1.165) is 64.2 Å². The number of hydrogen-bond donors (Lipinski definition) is 1. The number of likely N-dealkylation sites (N-methyl/N-ethyl adjacent to an activating group) is 1. The highest BCUT2D eigenvalue weighted by Crippen LogP contribution is 2.27. The summed E-state index contributed by atoms with van der Waals surface area (Å²) in [5, 5.41) is 9.03. The third-order valence-corrected chi connectivity index (χ3v) is 5.67. The zero-order chi connectivity index (χ0) is 18.5. The van der Waals surface area contributed by atoms with E-state index in [-0.39, 0.29) is 5.91 Å². The highest BCUT2D eigenvalue weighted by Gasteiger charge is 2.27. The molecule has 1 aromatic carbocycles. The zero-order valence-electron chi connectivity index (χ0n) is 15.6. The molecule has 1 atom stereocenters. The van der Waals surface area contributed by atoms with Crippen molar-refractivity contribution in [1.29, 1.82) is 0 Å². The molecule has 1 amide bonds. The van der Waals surface area contributed by atoms with E-state index >= 15 is 0 Å². The minimum absolute atomic E-state index is 0.224. The molecule has 2 aliphatic rings. The molecular formula is C20H29N3O3. The molecule has 0 saturated carbocycles. The summed E-state index contributed by atoms with van der Waals surface area (Å²) in [5.74, 6) is -0.380. The molecule has 26 heavy (non-hydrogen) atoms. The molecule has 1 N–H and O–H groups in total. The molecule has 142 valence electrons. The van der Waals surface area contributed by atoms with Gasteiger partial charge in [-0.15, -0.1) is 0 Å². The maximum Gasteiger partial charge on any atom is 0.335 e. The van der Waals surface area contributed by atoms with Gasteiger partial charge >= 0.3 is 5.97 Å². The van der Waals surface area contributed by atoms with Crippen LogP contribution in [0.2, 0.25) is 0 Å². The van der Waals surface area contributed by atoms with E-state index in [1.54, 1.807) is 12.1 Å². The average Bonchev–Trinajstić information content (AvgIpc) is 2.68. The predicted molar refractivity (Wildman–Crippen MR) is 101 cm³/mol. The number of nitrogens with zero attached hydrogens (tertiary/aromatic N) is 3. The van der Waals surface area contributed by atoms with Crippen molar-refractivity contribution in [1.82, 2.24) is 14.7 Å². The Kier molecular flexibility index (Phi) is 6.27. The van der Waals surface area contributed by atoms with Crippen LogP contribution in [0.1, 0.15) is 41.6 Å². The zero-order valence-corrected chi connectivity index (χ0v) is 15.6. The Morgan fingerprint density at radius 3 is 2.31 bits per heavy atom. The molecule has 1 aromatic rings. The summed E-state index contributed by atoms with van der Waals surface area (Å²) in [6.07, 6.45) is 2.05. The van der Waals surface area contributed by atoms with Gasteiger partial charge in [0.05, 0.1) is 12.1 Å². The van der Waals surface area contributed by atoms with Crippen molar-refractivity contribution in [2.75, 3.05) is 52.4 Å². The van der Waals surface area contributed by atoms with Crippen molar-refractivity contribution in [3.05, 3.63) is 35.4 Å². The summed E-state index contributed by atoms with van der Waals surface area (Å²) in [6, 6.07) is 7.11. The standard InChI is InChI=1S/C20H29N3O3/c1-2-21-10-12-22(13-11-21)15-19(24)23-9-3-4-18(14-23)16-5-7-17(8-6-16)20(25)26/h5-8,18H,2-4,9-15H2,1H3,(H,25,26)/t18-/m1/s1. The molecule has 0 aromatic heterocycles. The fourth-order valence-corrected chi connectivity index (χ4v) is 3.93. The van der Waals surface area contributed by atoms with E-state index in [1.807, 2.05) is 17.0 Å². The summed E-state index contributed by atoms with van der Waals surface area (Å²) < 4.78 is 0. The van der Waals surface area contributed by atoms with Crippen LogP contribution in [-0.4, -0.2) is 84.0 Å². The molecule has 2 aliphatic heterocycles. The highest BCUT2D eigenvalue weighted by molar-refractivity contribution is 5.87. The van der Waals surface area contributed by atoms with Crippen LogP contribution < -0.4 is 0 Å². The number of hydrogen-bond acceptors (Lipinski definition) is 4. The fraction of sp³-hybridized carbons (Fsp3) is 0.600. The number of carboxylic acids is 1. The molecule has 2 saturated heterocycles. The number of amides is 1. The van der Waals surface area contributed by atoms with Gasteiger partial charge in [-0.25, -0.2) is 4.79 Å². The van der Waals surface area contributed by atoms with Crippen LogP contribution in [0.15, 0.2) is 24.3 Å². The van der Waals surface area contributed by atoms with Crippen molar-refractivity contribution in [2.24, 2.45) is 0 Å². The van der Waals surface area contributed by atoms with Gasteiger partial charge in [-0.05, 0) is 37.1 Å². The minimum Gasteiger partial charge on any atom is -0.478 e. The molecule has 2 heterocycles. The van der Waals surface area contributed by atoms with Gasteiger partial charge in [0, 0.05) is 45.2 Å². The SMILES string of the molecule is CCN1CCN(CC(=O)N2CCC[C@@H](c3ccc(C(=O)O)cc3)C2)CC1. The molecule has 0 radical (unpaired) electrons. The number of rotatable bonds is 5. The third-order valence-electron chi connectivity index (χ3n) is 5.67. The number of piperazine rings is 1. The number of piperidine rings is 1. The normalized spacial score (nSPS) is 22.3. The van der Waals surface area contributed by atoms with Crippen LogP contribution >= 0.6 is 0 Å². The van der Waals surface area contributed by atoms with E-state index in [0.29, 0.717) is 18.0 Å². The molecule has 0 spiro atoms. The minimum atomic E-state index is -0.903. The number of carboxylic acid groups (broad SMARTS) is 1. The Labute approximate surface area is 155 Å². The topological polar surface area (TPSA) is 64.1 Å². The van der Waals surface area contributed by atoms with Gasteiger partial charge in [0.15, 0.2) is 0 Å².